The molecule has 1 aliphatic carbocycles. The molecule has 2 aliphatic rings. The van der Waals surface area contributed by atoms with Gasteiger partial charge in [-0.1, -0.05) is 37.1 Å². The van der Waals surface area contributed by atoms with Gasteiger partial charge in [0.25, 0.3) is 17.8 Å². The molecule has 7 nitrogen and oxygen atoms in total. The Kier molecular flexibility index (Phi) is 7.40. The van der Waals surface area contributed by atoms with Gasteiger partial charge in [-0.15, -0.1) is 0 Å². The van der Waals surface area contributed by atoms with Crippen molar-refractivity contribution in [3.8, 4) is 11.3 Å². The Morgan fingerprint density at radius 3 is 2.50 bits per heavy atom. The summed E-state index contributed by atoms with van der Waals surface area (Å²) in [5, 5.41) is 16.4. The number of likely N-dealkylation sites (tertiary alicyclic amines) is 1. The topological polar surface area (TPSA) is 87.5 Å². The average Bonchev–Trinajstić information content (AvgIpc) is 3.45. The van der Waals surface area contributed by atoms with Crippen LogP contribution < -0.4 is 5.32 Å². The Hall–Kier alpha value is -2.95. The summed E-state index contributed by atoms with van der Waals surface area (Å²) in [4.78, 5) is 25.9. The number of amides is 1. The fraction of sp³-hybridized carbons (Fsp3) is 0.560. The average molecular weight is 511 g/mol. The number of benzene rings is 1. The van der Waals surface area contributed by atoms with Crippen LogP contribution in [0.1, 0.15) is 67.5 Å². The molecule has 196 valence electrons. The van der Waals surface area contributed by atoms with Crippen LogP contribution in [0.2, 0.25) is 0 Å². The third-order valence-corrected chi connectivity index (χ3v) is 6.77. The molecule has 0 radical (unpaired) electrons. The summed E-state index contributed by atoms with van der Waals surface area (Å²) in [6, 6.07) is 6.74. The first-order valence-corrected chi connectivity index (χ1v) is 12.1. The molecule has 0 spiro atoms. The van der Waals surface area contributed by atoms with Gasteiger partial charge in [-0.3, -0.25) is 19.2 Å². The molecule has 1 saturated heterocycles. The summed E-state index contributed by atoms with van der Waals surface area (Å²) in [6.07, 6.45) is 3.35. The third-order valence-electron chi connectivity index (χ3n) is 6.77. The first-order chi connectivity index (χ1) is 16.9. The van der Waals surface area contributed by atoms with Crippen molar-refractivity contribution in [2.45, 2.75) is 69.4 Å². The van der Waals surface area contributed by atoms with Gasteiger partial charge in [-0.25, -0.2) is 17.6 Å². The molecule has 4 rings (SSSR count). The molecule has 1 aromatic heterocycles. The number of rotatable bonds is 10. The number of nitrogens with one attached hydrogen (secondary N) is 1. The van der Waals surface area contributed by atoms with E-state index in [1.165, 1.54) is 23.1 Å². The molecule has 0 bridgehead atoms. The number of nitrogens with zero attached hydrogens (tertiary/aromatic N) is 3. The van der Waals surface area contributed by atoms with Crippen LogP contribution in [-0.2, 0) is 10.7 Å². The van der Waals surface area contributed by atoms with E-state index in [1.807, 2.05) is 0 Å². The summed E-state index contributed by atoms with van der Waals surface area (Å²) in [5.41, 5.74) is 0.509. The van der Waals surface area contributed by atoms with Crippen LogP contribution in [0.15, 0.2) is 30.3 Å². The second-order valence-electron chi connectivity index (χ2n) is 9.86. The van der Waals surface area contributed by atoms with Gasteiger partial charge in [0.15, 0.2) is 5.69 Å². The Balaban J connectivity index is 1.58. The van der Waals surface area contributed by atoms with Crippen LogP contribution in [0.3, 0.4) is 0 Å². The lowest BCUT2D eigenvalue weighted by Crippen LogP contribution is -2.57. The summed E-state index contributed by atoms with van der Waals surface area (Å²) in [7, 11) is 0. The Morgan fingerprint density at radius 2 is 1.89 bits per heavy atom. The van der Waals surface area contributed by atoms with Crippen molar-refractivity contribution in [1.29, 1.82) is 0 Å². The van der Waals surface area contributed by atoms with E-state index in [1.54, 1.807) is 16.8 Å². The van der Waals surface area contributed by atoms with Crippen LogP contribution in [0.4, 0.5) is 17.6 Å². The molecule has 1 amide bonds. The van der Waals surface area contributed by atoms with Gasteiger partial charge < -0.3 is 10.4 Å². The highest BCUT2D eigenvalue weighted by Crippen LogP contribution is 2.39. The number of carbonyl (C=O) groups excluding carboxylic acids is 1. The van der Waals surface area contributed by atoms with Gasteiger partial charge >= 0.3 is 5.97 Å². The van der Waals surface area contributed by atoms with E-state index in [9.17, 15) is 32.3 Å². The normalized spacial score (nSPS) is 19.1. The smallest absolute Gasteiger partial charge is 0.305 e. The van der Waals surface area contributed by atoms with Crippen LogP contribution in [0.5, 0.6) is 0 Å². The number of alkyl halides is 4. The Bertz CT molecular complexity index is 1100. The van der Waals surface area contributed by atoms with Crippen molar-refractivity contribution in [2.24, 2.45) is 0 Å². The van der Waals surface area contributed by atoms with E-state index in [0.717, 1.165) is 32.6 Å². The van der Waals surface area contributed by atoms with Gasteiger partial charge in [-0.05, 0) is 25.3 Å². The quantitative estimate of drug-likeness (QED) is 0.453. The Morgan fingerprint density at radius 1 is 1.22 bits per heavy atom. The molecule has 1 aliphatic heterocycles. The van der Waals surface area contributed by atoms with Crippen LogP contribution in [-0.4, -0.2) is 63.3 Å². The lowest BCUT2D eigenvalue weighted by atomic mass is 9.99. The molecule has 2 N–H and O–H groups in total. The molecule has 2 heterocycles. The predicted molar refractivity (Wildman–Crippen MR) is 124 cm³/mol. The fourth-order valence-corrected chi connectivity index (χ4v) is 5.02. The molecular formula is C25H30F4N4O3. The van der Waals surface area contributed by atoms with E-state index in [-0.39, 0.29) is 42.2 Å². The number of carbonyl (C=O) groups is 2. The summed E-state index contributed by atoms with van der Waals surface area (Å²) in [6.45, 7) is 0.253. The number of aromatic nitrogens is 2. The number of aliphatic carboxylic acids is 1. The highest BCUT2D eigenvalue weighted by molar-refractivity contribution is 5.94. The van der Waals surface area contributed by atoms with Crippen LogP contribution in [0, 0.1) is 0 Å². The van der Waals surface area contributed by atoms with Gasteiger partial charge in [0.1, 0.15) is 0 Å². The number of hydrogen-bond donors (Lipinski definition) is 2. The zero-order valence-electron chi connectivity index (χ0n) is 20.0. The highest BCUT2D eigenvalue weighted by atomic mass is 19.3. The van der Waals surface area contributed by atoms with E-state index >= 15 is 0 Å². The molecule has 0 unspecified atom stereocenters. The zero-order valence-corrected chi connectivity index (χ0v) is 20.0. The van der Waals surface area contributed by atoms with Crippen molar-refractivity contribution in [1.82, 2.24) is 20.0 Å². The first kappa shape index (κ1) is 26.1. The minimum absolute atomic E-state index is 0.00278. The number of carboxylic acid groups (broad SMARTS) is 1. The molecule has 1 aromatic carbocycles. The number of hydrogen-bond acceptors (Lipinski definition) is 4. The van der Waals surface area contributed by atoms with Crippen molar-refractivity contribution in [3.63, 3.8) is 0 Å². The van der Waals surface area contributed by atoms with E-state index in [4.69, 9.17) is 0 Å². The van der Waals surface area contributed by atoms with E-state index in [2.05, 4.69) is 10.4 Å². The lowest BCUT2D eigenvalue weighted by molar-refractivity contribution is -0.138. The second kappa shape index (κ2) is 10.2. The maximum absolute atomic E-state index is 14.4. The third kappa shape index (κ3) is 6.05. The Labute approximate surface area is 206 Å². The zero-order chi connectivity index (χ0) is 26.1. The molecule has 2 aromatic rings. The summed E-state index contributed by atoms with van der Waals surface area (Å²) >= 11 is 0. The largest absolute Gasteiger partial charge is 0.481 e. The lowest BCUT2D eigenvalue weighted by Gasteiger charge is -2.39. The number of halogens is 4. The van der Waals surface area contributed by atoms with Crippen LogP contribution in [0.25, 0.3) is 11.3 Å². The highest BCUT2D eigenvalue weighted by Gasteiger charge is 2.43. The van der Waals surface area contributed by atoms with E-state index < -0.39 is 42.9 Å². The number of carboxylic acids is 1. The van der Waals surface area contributed by atoms with Crippen molar-refractivity contribution >= 4 is 11.9 Å². The van der Waals surface area contributed by atoms with Crippen LogP contribution >= 0.6 is 0 Å². The second-order valence-corrected chi connectivity index (χ2v) is 9.86. The molecule has 2 fully saturated rings. The molecule has 36 heavy (non-hydrogen) atoms. The predicted octanol–water partition coefficient (Wildman–Crippen LogP) is 4.69. The SMILES string of the molecule is CC(F)(F)c1ccccc1-c1cc(C(=O)N[C@@H](CCN2CC(F)(F)C2)CC(=O)O)nn1C1CCCC1. The van der Waals surface area contributed by atoms with Crippen molar-refractivity contribution in [2.75, 3.05) is 19.6 Å². The van der Waals surface area contributed by atoms with Gasteiger partial charge in [0.05, 0.1) is 31.2 Å². The maximum atomic E-state index is 14.4. The minimum atomic E-state index is -3.11. The van der Waals surface area contributed by atoms with Gasteiger partial charge in [0.2, 0.25) is 0 Å². The van der Waals surface area contributed by atoms with Gasteiger partial charge in [0, 0.05) is 30.6 Å². The van der Waals surface area contributed by atoms with Gasteiger partial charge in [-0.2, -0.15) is 5.10 Å². The van der Waals surface area contributed by atoms with Crippen molar-refractivity contribution < 1.29 is 32.3 Å². The monoisotopic (exact) mass is 510 g/mol. The first-order valence-electron chi connectivity index (χ1n) is 12.1. The summed E-state index contributed by atoms with van der Waals surface area (Å²) in [5.74, 6) is -7.61. The molecule has 1 atom stereocenters. The maximum Gasteiger partial charge on any atom is 0.305 e. The molecular weight excluding hydrogens is 480 g/mol. The van der Waals surface area contributed by atoms with Crippen molar-refractivity contribution in [3.05, 3.63) is 41.6 Å². The van der Waals surface area contributed by atoms with E-state index in [0.29, 0.717) is 5.69 Å². The minimum Gasteiger partial charge on any atom is -0.481 e. The summed E-state index contributed by atoms with van der Waals surface area (Å²) < 4.78 is 56.6. The standard InChI is InChI=1S/C25H30F4N4O3/c1-24(26,27)19-9-5-4-8-18(19)21-13-20(31-33(21)17-6-2-3-7-17)23(36)30-16(12-22(34)35)10-11-32-14-25(28,29)15-32/h4-5,8-9,13,16-17H,2-3,6-7,10-12,14-15H2,1H3,(H,30,36)(H,34,35)/t16-/m0/s1. The molecule has 1 saturated carbocycles. The fourth-order valence-electron chi connectivity index (χ4n) is 5.02. The molecule has 11 heteroatoms.